The van der Waals surface area contributed by atoms with E-state index in [4.69, 9.17) is 14.2 Å². The number of esters is 1. The summed E-state index contributed by atoms with van der Waals surface area (Å²) >= 11 is 0. The average Bonchev–Trinajstić information content (AvgIpc) is 3.16. The van der Waals surface area contributed by atoms with Crippen LogP contribution >= 0.6 is 0 Å². The zero-order valence-corrected chi connectivity index (χ0v) is 16.3. The summed E-state index contributed by atoms with van der Waals surface area (Å²) in [5.74, 6) is -3.07. The molecule has 0 unspecified atom stereocenters. The van der Waals surface area contributed by atoms with Crippen molar-refractivity contribution in [1.29, 1.82) is 0 Å². The number of Topliss-reactive ketones (excluding diaryl/α,β-unsaturated/α-hetero) is 1. The van der Waals surface area contributed by atoms with Gasteiger partial charge in [0.1, 0.15) is 6.29 Å². The van der Waals surface area contributed by atoms with Crippen LogP contribution in [0.5, 0.6) is 0 Å². The lowest BCUT2D eigenvalue weighted by atomic mass is 9.43. The van der Waals surface area contributed by atoms with Crippen LogP contribution < -0.4 is 0 Å². The zero-order valence-electron chi connectivity index (χ0n) is 16.3. The van der Waals surface area contributed by atoms with Crippen LogP contribution in [0.15, 0.2) is 11.6 Å². The molecule has 4 aliphatic rings. The van der Waals surface area contributed by atoms with Crippen molar-refractivity contribution < 1.29 is 33.4 Å². The Labute approximate surface area is 163 Å². The number of carbonyl (C=O) groups excluding carboxylic acids is 4. The van der Waals surface area contributed by atoms with E-state index in [1.165, 1.54) is 13.2 Å². The predicted molar refractivity (Wildman–Crippen MR) is 96.0 cm³/mol. The van der Waals surface area contributed by atoms with Crippen LogP contribution in [0, 0.1) is 22.7 Å². The number of methoxy groups -OCH3 is 1. The van der Waals surface area contributed by atoms with Gasteiger partial charge < -0.3 is 19.0 Å². The quantitative estimate of drug-likeness (QED) is 0.412. The highest BCUT2D eigenvalue weighted by atomic mass is 16.7. The number of aldehydes is 1. The minimum absolute atomic E-state index is 0.117. The summed E-state index contributed by atoms with van der Waals surface area (Å²) in [5, 5.41) is 0. The van der Waals surface area contributed by atoms with Gasteiger partial charge in [-0.3, -0.25) is 14.4 Å². The summed E-state index contributed by atoms with van der Waals surface area (Å²) in [7, 11) is 1.26. The molecular weight excluding hydrogens is 364 g/mol. The van der Waals surface area contributed by atoms with Crippen LogP contribution in [-0.2, 0) is 33.4 Å². The molecule has 7 nitrogen and oxygen atoms in total. The second-order valence-corrected chi connectivity index (χ2v) is 8.46. The molecule has 0 aromatic heterocycles. The molecule has 2 saturated carbocycles. The lowest BCUT2D eigenvalue weighted by molar-refractivity contribution is -0.196. The predicted octanol–water partition coefficient (Wildman–Crippen LogP) is 1.77. The van der Waals surface area contributed by atoms with Crippen LogP contribution in [0.3, 0.4) is 0 Å². The molecule has 152 valence electrons. The van der Waals surface area contributed by atoms with Gasteiger partial charge in [0.15, 0.2) is 22.8 Å². The number of ether oxygens (including phenoxy) is 3. The number of ketones is 2. The Morgan fingerprint density at radius 3 is 2.64 bits per heavy atom. The molecule has 0 amide bonds. The van der Waals surface area contributed by atoms with Crippen LogP contribution in [0.2, 0.25) is 0 Å². The maximum absolute atomic E-state index is 13.4. The van der Waals surface area contributed by atoms with E-state index in [1.54, 1.807) is 6.92 Å². The lowest BCUT2D eigenvalue weighted by Crippen LogP contribution is -2.66. The van der Waals surface area contributed by atoms with Gasteiger partial charge in [-0.15, -0.1) is 0 Å². The van der Waals surface area contributed by atoms with Crippen molar-refractivity contribution in [2.45, 2.75) is 51.2 Å². The third-order valence-electron chi connectivity index (χ3n) is 7.54. The number of hydrogen-bond acceptors (Lipinski definition) is 7. The van der Waals surface area contributed by atoms with Gasteiger partial charge in [-0.25, -0.2) is 0 Å². The van der Waals surface area contributed by atoms with Gasteiger partial charge >= 0.3 is 5.97 Å². The number of allylic oxidation sites excluding steroid dienone is 1. The van der Waals surface area contributed by atoms with Gasteiger partial charge in [0.25, 0.3) is 0 Å². The Balaban J connectivity index is 1.98. The lowest BCUT2D eigenvalue weighted by Gasteiger charge is -2.58. The van der Waals surface area contributed by atoms with Crippen molar-refractivity contribution in [3.63, 3.8) is 0 Å². The molecule has 1 spiro atoms. The molecule has 0 bridgehead atoms. The van der Waals surface area contributed by atoms with E-state index in [1.807, 2.05) is 0 Å². The van der Waals surface area contributed by atoms with E-state index in [9.17, 15) is 19.2 Å². The molecule has 1 heterocycles. The molecule has 0 radical (unpaired) electrons. The van der Waals surface area contributed by atoms with Crippen LogP contribution in [-0.4, -0.2) is 49.9 Å². The molecular formula is C21H26O7. The number of fused-ring (bicyclic) bond motifs is 4. The smallest absolute Gasteiger partial charge is 0.324 e. The molecule has 0 N–H and O–H groups in total. The van der Waals surface area contributed by atoms with Crippen molar-refractivity contribution in [3.05, 3.63) is 11.6 Å². The van der Waals surface area contributed by atoms with E-state index in [0.717, 1.165) is 12.7 Å². The third kappa shape index (κ3) is 2.23. The average molecular weight is 390 g/mol. The highest BCUT2D eigenvalue weighted by Crippen LogP contribution is 2.64. The Hall–Kier alpha value is -1.86. The van der Waals surface area contributed by atoms with Crippen LogP contribution in [0.4, 0.5) is 0 Å². The molecule has 28 heavy (non-hydrogen) atoms. The fraction of sp³-hybridized carbons (Fsp3) is 0.714. The van der Waals surface area contributed by atoms with E-state index in [2.05, 4.69) is 0 Å². The van der Waals surface area contributed by atoms with Crippen LogP contribution in [0.1, 0.15) is 45.4 Å². The molecule has 4 atom stereocenters. The minimum Gasteiger partial charge on any atom is -0.468 e. The van der Waals surface area contributed by atoms with Crippen molar-refractivity contribution in [2.75, 3.05) is 20.3 Å². The van der Waals surface area contributed by atoms with Gasteiger partial charge in [-0.1, -0.05) is 13.3 Å². The number of hydrogen-bond donors (Lipinski definition) is 0. The van der Waals surface area contributed by atoms with Crippen molar-refractivity contribution in [3.8, 4) is 0 Å². The molecule has 3 fully saturated rings. The SMILES string of the molecule is COC(=O)[C@]12C(=O)CCC3(OCCO3)C1=CC(=O)[C@]1(C)[C@@H](CC=O)CCC[C@@H]21. The zero-order chi connectivity index (χ0) is 20.2. The molecule has 0 aromatic carbocycles. The molecule has 1 aliphatic heterocycles. The van der Waals surface area contributed by atoms with Crippen molar-refractivity contribution in [1.82, 2.24) is 0 Å². The molecule has 3 aliphatic carbocycles. The normalized spacial score (nSPS) is 39.1. The third-order valence-corrected chi connectivity index (χ3v) is 7.54. The molecule has 4 rings (SSSR count). The summed E-state index contributed by atoms with van der Waals surface area (Å²) in [6.07, 6.45) is 4.83. The monoisotopic (exact) mass is 390 g/mol. The first-order valence-electron chi connectivity index (χ1n) is 9.98. The van der Waals surface area contributed by atoms with Gasteiger partial charge in [-0.2, -0.15) is 0 Å². The van der Waals surface area contributed by atoms with E-state index < -0.39 is 28.5 Å². The molecule has 1 saturated heterocycles. The molecule has 0 aromatic rings. The minimum atomic E-state index is -1.60. The van der Waals surface area contributed by atoms with E-state index >= 15 is 0 Å². The second-order valence-electron chi connectivity index (χ2n) is 8.46. The maximum Gasteiger partial charge on any atom is 0.324 e. The summed E-state index contributed by atoms with van der Waals surface area (Å²) in [6, 6.07) is 0. The number of rotatable bonds is 3. The Morgan fingerprint density at radius 1 is 1.29 bits per heavy atom. The first-order valence-corrected chi connectivity index (χ1v) is 9.98. The fourth-order valence-electron chi connectivity index (χ4n) is 6.21. The fourth-order valence-corrected chi connectivity index (χ4v) is 6.21. The second kappa shape index (κ2) is 6.59. The highest BCUT2D eigenvalue weighted by molar-refractivity contribution is 6.13. The summed E-state index contributed by atoms with van der Waals surface area (Å²) in [4.78, 5) is 51.4. The van der Waals surface area contributed by atoms with E-state index in [-0.39, 0.29) is 36.7 Å². The summed E-state index contributed by atoms with van der Waals surface area (Å²) < 4.78 is 16.9. The Kier molecular flexibility index (Phi) is 4.58. The number of carbonyl (C=O) groups is 4. The van der Waals surface area contributed by atoms with Crippen LogP contribution in [0.25, 0.3) is 0 Å². The first-order chi connectivity index (χ1) is 13.4. The van der Waals surface area contributed by atoms with Gasteiger partial charge in [0.05, 0.1) is 20.3 Å². The molecule has 7 heteroatoms. The topological polar surface area (TPSA) is 96.0 Å². The largest absolute Gasteiger partial charge is 0.468 e. The van der Waals surface area contributed by atoms with Gasteiger partial charge in [0, 0.05) is 30.3 Å². The first kappa shape index (κ1) is 19.5. The Bertz CT molecular complexity index is 753. The highest BCUT2D eigenvalue weighted by Gasteiger charge is 2.72. The Morgan fingerprint density at radius 2 is 2.00 bits per heavy atom. The maximum atomic E-state index is 13.4. The van der Waals surface area contributed by atoms with Crippen molar-refractivity contribution in [2.24, 2.45) is 22.7 Å². The van der Waals surface area contributed by atoms with E-state index in [0.29, 0.717) is 31.6 Å². The summed E-state index contributed by atoms with van der Waals surface area (Å²) in [5.41, 5.74) is -2.27. The van der Waals surface area contributed by atoms with Gasteiger partial charge in [0.2, 0.25) is 0 Å². The summed E-state index contributed by atoms with van der Waals surface area (Å²) in [6.45, 7) is 2.48. The standard InChI is InChI=1S/C21H26O7/c1-19-13(7-9-22)4-3-5-14(19)21(18(25)26-2)15(12-17(19)24)20(8-6-16(21)23)27-10-11-28-20/h9,12-14H,3-8,10-11H2,1-2H3/t13-,14-,19-,21+/m1/s1. The van der Waals surface area contributed by atoms with Gasteiger partial charge in [-0.05, 0) is 30.8 Å². The van der Waals surface area contributed by atoms with Crippen molar-refractivity contribution >= 4 is 23.8 Å².